The first-order valence-electron chi connectivity index (χ1n) is 7.96. The number of halogens is 2. The summed E-state index contributed by atoms with van der Waals surface area (Å²) in [5.41, 5.74) is -0.0816. The second kappa shape index (κ2) is 5.94. The third-order valence-electron chi connectivity index (χ3n) is 4.53. The van der Waals surface area contributed by atoms with E-state index in [1.807, 2.05) is 0 Å². The summed E-state index contributed by atoms with van der Waals surface area (Å²) in [6.07, 6.45) is 2.20. The first-order chi connectivity index (χ1) is 12.4. The lowest BCUT2D eigenvalue weighted by Crippen LogP contribution is -2.39. The Hall–Kier alpha value is -3.23. The lowest BCUT2D eigenvalue weighted by atomic mass is 9.80. The molecule has 3 aromatic rings. The summed E-state index contributed by atoms with van der Waals surface area (Å²) in [5.74, 6) is -3.06. The number of aromatic hydroxyl groups is 1. The number of hydrogen-bond donors (Lipinski definition) is 4. The first-order valence-corrected chi connectivity index (χ1v) is 7.96. The minimum atomic E-state index is -0.866. The van der Waals surface area contributed by atoms with Crippen molar-refractivity contribution in [3.63, 3.8) is 0 Å². The highest BCUT2D eigenvalue weighted by Gasteiger charge is 2.35. The monoisotopic (exact) mass is 360 g/mol. The number of H-pyrrole nitrogens is 1. The van der Waals surface area contributed by atoms with E-state index in [0.29, 0.717) is 12.8 Å². The van der Waals surface area contributed by atoms with Gasteiger partial charge in [0.2, 0.25) is 5.88 Å². The van der Waals surface area contributed by atoms with Gasteiger partial charge in [-0.25, -0.2) is 18.7 Å². The fourth-order valence-electron chi connectivity index (χ4n) is 3.08. The Kier molecular flexibility index (Phi) is 3.71. The number of rotatable bonds is 4. The smallest absolute Gasteiger partial charge is 0.306 e. The standard InChI is InChI=1S/C17H14F2N4O3/c18-9-2-1-3-10(19)12(9)14-22-11-6-20-16(24)13(11)15(23-14)21-8-4-7(5-8)17(25)26/h1-3,6-8,20,24H,4-5H2,(H,25,26)(H,21,22,23). The molecule has 0 atom stereocenters. The number of aliphatic carboxylic acids is 1. The Bertz CT molecular complexity index is 994. The summed E-state index contributed by atoms with van der Waals surface area (Å²) in [5, 5.41) is 22.3. The largest absolute Gasteiger partial charge is 0.494 e. The van der Waals surface area contributed by atoms with Crippen LogP contribution in [0.1, 0.15) is 12.8 Å². The predicted octanol–water partition coefficient (Wildman–Crippen LogP) is 2.88. The third-order valence-corrected chi connectivity index (χ3v) is 4.53. The summed E-state index contributed by atoms with van der Waals surface area (Å²) in [4.78, 5) is 21.8. The van der Waals surface area contributed by atoms with E-state index in [0.717, 1.165) is 12.1 Å². The van der Waals surface area contributed by atoms with Crippen molar-refractivity contribution in [3.05, 3.63) is 36.0 Å². The highest BCUT2D eigenvalue weighted by molar-refractivity contribution is 5.95. The van der Waals surface area contributed by atoms with Crippen LogP contribution in [0.2, 0.25) is 0 Å². The zero-order chi connectivity index (χ0) is 18.4. The van der Waals surface area contributed by atoms with Gasteiger partial charge in [-0.15, -0.1) is 0 Å². The number of carboxylic acid groups (broad SMARTS) is 1. The van der Waals surface area contributed by atoms with E-state index in [-0.39, 0.29) is 40.0 Å². The van der Waals surface area contributed by atoms with Crippen LogP contribution in [-0.2, 0) is 4.79 Å². The van der Waals surface area contributed by atoms with Crippen LogP contribution in [0.25, 0.3) is 22.3 Å². The molecule has 7 nitrogen and oxygen atoms in total. The number of aromatic nitrogens is 3. The number of aromatic amines is 1. The van der Waals surface area contributed by atoms with Crippen molar-refractivity contribution >= 4 is 22.7 Å². The topological polar surface area (TPSA) is 111 Å². The molecule has 1 fully saturated rings. The number of hydrogen-bond acceptors (Lipinski definition) is 5. The van der Waals surface area contributed by atoms with Crippen molar-refractivity contribution in [2.75, 3.05) is 5.32 Å². The maximum absolute atomic E-state index is 14.1. The second-order valence-electron chi connectivity index (χ2n) is 6.24. The van der Waals surface area contributed by atoms with Gasteiger partial charge in [0.15, 0.2) is 5.82 Å². The predicted molar refractivity (Wildman–Crippen MR) is 88.7 cm³/mol. The Morgan fingerprint density at radius 1 is 1.23 bits per heavy atom. The van der Waals surface area contributed by atoms with Crippen molar-refractivity contribution in [1.82, 2.24) is 15.0 Å². The molecule has 0 bridgehead atoms. The van der Waals surface area contributed by atoms with Crippen LogP contribution in [-0.4, -0.2) is 37.2 Å². The molecule has 1 aliphatic carbocycles. The summed E-state index contributed by atoms with van der Waals surface area (Å²) in [7, 11) is 0. The molecule has 4 rings (SSSR count). The maximum atomic E-state index is 14.1. The van der Waals surface area contributed by atoms with Crippen molar-refractivity contribution in [3.8, 4) is 17.3 Å². The van der Waals surface area contributed by atoms with E-state index >= 15 is 0 Å². The Morgan fingerprint density at radius 3 is 2.58 bits per heavy atom. The Morgan fingerprint density at radius 2 is 1.92 bits per heavy atom. The molecule has 9 heteroatoms. The molecular formula is C17H14F2N4O3. The number of carboxylic acids is 1. The molecule has 0 amide bonds. The number of fused-ring (bicyclic) bond motifs is 1. The van der Waals surface area contributed by atoms with Gasteiger partial charge in [0.05, 0.1) is 17.0 Å². The zero-order valence-corrected chi connectivity index (χ0v) is 13.3. The van der Waals surface area contributed by atoms with Crippen LogP contribution < -0.4 is 5.32 Å². The van der Waals surface area contributed by atoms with Crippen molar-refractivity contribution < 1.29 is 23.8 Å². The van der Waals surface area contributed by atoms with Crippen molar-refractivity contribution in [2.24, 2.45) is 5.92 Å². The first kappa shape index (κ1) is 16.2. The van der Waals surface area contributed by atoms with Crippen LogP contribution in [0.4, 0.5) is 14.6 Å². The van der Waals surface area contributed by atoms with Gasteiger partial charge in [-0.05, 0) is 25.0 Å². The minimum Gasteiger partial charge on any atom is -0.494 e. The van der Waals surface area contributed by atoms with Crippen LogP contribution in [0, 0.1) is 17.6 Å². The number of benzene rings is 1. The molecule has 4 N–H and O–H groups in total. The van der Waals surface area contributed by atoms with Gasteiger partial charge in [-0.1, -0.05) is 6.07 Å². The molecule has 134 valence electrons. The van der Waals surface area contributed by atoms with Gasteiger partial charge in [0.1, 0.15) is 22.8 Å². The number of anilines is 1. The van der Waals surface area contributed by atoms with Crippen LogP contribution >= 0.6 is 0 Å². The minimum absolute atomic E-state index is 0.163. The Labute approximate surface area is 145 Å². The Balaban J connectivity index is 1.76. The molecule has 0 radical (unpaired) electrons. The number of nitrogens with zero attached hydrogens (tertiary/aromatic N) is 2. The lowest BCUT2D eigenvalue weighted by Gasteiger charge is -2.33. The molecule has 26 heavy (non-hydrogen) atoms. The lowest BCUT2D eigenvalue weighted by molar-refractivity contribution is -0.144. The highest BCUT2D eigenvalue weighted by Crippen LogP contribution is 2.36. The number of nitrogens with one attached hydrogen (secondary N) is 2. The second-order valence-corrected chi connectivity index (χ2v) is 6.24. The molecule has 0 unspecified atom stereocenters. The summed E-state index contributed by atoms with van der Waals surface area (Å²) < 4.78 is 28.2. The van der Waals surface area contributed by atoms with Gasteiger partial charge in [-0.3, -0.25) is 4.79 Å². The molecule has 0 saturated heterocycles. The molecule has 0 spiro atoms. The van der Waals surface area contributed by atoms with E-state index in [4.69, 9.17) is 5.11 Å². The van der Waals surface area contributed by atoms with Gasteiger partial charge >= 0.3 is 5.97 Å². The fraction of sp³-hybridized carbons (Fsp3) is 0.235. The molecule has 2 aromatic heterocycles. The number of carbonyl (C=O) groups is 1. The quantitative estimate of drug-likeness (QED) is 0.569. The van der Waals surface area contributed by atoms with Gasteiger partial charge in [0, 0.05) is 12.2 Å². The molecule has 1 aliphatic rings. The molecular weight excluding hydrogens is 346 g/mol. The summed E-state index contributed by atoms with van der Waals surface area (Å²) in [6, 6.07) is 3.30. The van der Waals surface area contributed by atoms with Crippen LogP contribution in [0.3, 0.4) is 0 Å². The third kappa shape index (κ3) is 2.61. The normalized spacial score (nSPS) is 19.3. The van der Waals surface area contributed by atoms with Gasteiger partial charge in [-0.2, -0.15) is 0 Å². The van der Waals surface area contributed by atoms with Crippen molar-refractivity contribution in [1.29, 1.82) is 0 Å². The molecule has 1 aromatic carbocycles. The van der Waals surface area contributed by atoms with E-state index in [2.05, 4.69) is 20.3 Å². The van der Waals surface area contributed by atoms with E-state index in [1.54, 1.807) is 0 Å². The van der Waals surface area contributed by atoms with E-state index in [9.17, 15) is 18.7 Å². The summed E-state index contributed by atoms with van der Waals surface area (Å²) >= 11 is 0. The average Bonchev–Trinajstić information content (AvgIpc) is 2.91. The van der Waals surface area contributed by atoms with Gasteiger partial charge < -0.3 is 20.5 Å². The zero-order valence-electron chi connectivity index (χ0n) is 13.3. The molecule has 2 heterocycles. The average molecular weight is 360 g/mol. The van der Waals surface area contributed by atoms with Crippen LogP contribution in [0.5, 0.6) is 5.88 Å². The van der Waals surface area contributed by atoms with Crippen LogP contribution in [0.15, 0.2) is 24.4 Å². The maximum Gasteiger partial charge on any atom is 0.306 e. The fourth-order valence-corrected chi connectivity index (χ4v) is 3.08. The van der Waals surface area contributed by atoms with Gasteiger partial charge in [0.25, 0.3) is 0 Å². The van der Waals surface area contributed by atoms with E-state index in [1.165, 1.54) is 12.3 Å². The molecule has 0 aliphatic heterocycles. The van der Waals surface area contributed by atoms with Crippen molar-refractivity contribution in [2.45, 2.75) is 18.9 Å². The summed E-state index contributed by atoms with van der Waals surface area (Å²) in [6.45, 7) is 0. The highest BCUT2D eigenvalue weighted by atomic mass is 19.1. The van der Waals surface area contributed by atoms with E-state index < -0.39 is 23.5 Å². The molecule has 1 saturated carbocycles. The SMILES string of the molecule is O=C(O)C1CC(Nc2nc(-c3c(F)cccc3F)nc3c[nH]c(O)c23)C1.